The summed E-state index contributed by atoms with van der Waals surface area (Å²) in [7, 11) is 0. The zero-order valence-corrected chi connectivity index (χ0v) is 17.2. The SMILES string of the molecule is C=C(C)CN1C(=O)C(C)Oc2ccc(NC(=O)CN3C(=O)c4ccccc4C3=O)cc21. The zero-order chi connectivity index (χ0) is 22.3. The molecule has 158 valence electrons. The van der Waals surface area contributed by atoms with Crippen molar-refractivity contribution in [2.45, 2.75) is 20.0 Å². The molecule has 2 aliphatic rings. The highest BCUT2D eigenvalue weighted by Crippen LogP contribution is 2.36. The first-order valence-corrected chi connectivity index (χ1v) is 9.78. The maximum Gasteiger partial charge on any atom is 0.268 e. The minimum absolute atomic E-state index is 0.204. The average molecular weight is 419 g/mol. The lowest BCUT2D eigenvalue weighted by Gasteiger charge is -2.33. The molecule has 2 aliphatic heterocycles. The number of benzene rings is 2. The summed E-state index contributed by atoms with van der Waals surface area (Å²) >= 11 is 0. The molecule has 0 fully saturated rings. The van der Waals surface area contributed by atoms with Crippen LogP contribution in [0, 0.1) is 0 Å². The lowest BCUT2D eigenvalue weighted by molar-refractivity contribution is -0.125. The number of anilines is 2. The van der Waals surface area contributed by atoms with E-state index in [2.05, 4.69) is 11.9 Å². The third kappa shape index (κ3) is 3.68. The smallest absolute Gasteiger partial charge is 0.268 e. The molecular formula is C23H21N3O5. The predicted octanol–water partition coefficient (Wildman–Crippen LogP) is 2.61. The maximum atomic E-state index is 12.6. The van der Waals surface area contributed by atoms with Crippen LogP contribution in [-0.4, -0.2) is 47.7 Å². The Morgan fingerprint density at radius 3 is 2.29 bits per heavy atom. The number of nitrogens with one attached hydrogen (secondary N) is 1. The van der Waals surface area contributed by atoms with E-state index in [9.17, 15) is 19.2 Å². The maximum absolute atomic E-state index is 12.6. The molecule has 1 N–H and O–H groups in total. The van der Waals surface area contributed by atoms with E-state index in [-0.39, 0.29) is 17.0 Å². The molecule has 4 amide bonds. The number of hydrogen-bond acceptors (Lipinski definition) is 5. The Hall–Kier alpha value is -3.94. The van der Waals surface area contributed by atoms with E-state index in [1.807, 2.05) is 6.92 Å². The lowest BCUT2D eigenvalue weighted by Crippen LogP contribution is -2.45. The third-order valence-electron chi connectivity index (χ3n) is 5.06. The molecule has 0 bridgehead atoms. The van der Waals surface area contributed by atoms with Crippen LogP contribution < -0.4 is 15.0 Å². The standard InChI is InChI=1S/C23H21N3O5/c1-13(2)11-25-18-10-15(8-9-19(18)31-14(3)21(25)28)24-20(27)12-26-22(29)16-6-4-5-7-17(16)23(26)30/h4-10,14H,1,11-12H2,2-3H3,(H,24,27). The van der Waals surface area contributed by atoms with Gasteiger partial charge >= 0.3 is 0 Å². The van der Waals surface area contributed by atoms with Gasteiger partial charge in [-0.05, 0) is 44.2 Å². The van der Waals surface area contributed by atoms with Crippen LogP contribution in [0.25, 0.3) is 0 Å². The van der Waals surface area contributed by atoms with Gasteiger partial charge in [0.25, 0.3) is 17.7 Å². The fourth-order valence-electron chi connectivity index (χ4n) is 3.64. The highest BCUT2D eigenvalue weighted by molar-refractivity contribution is 6.22. The number of carbonyl (C=O) groups excluding carboxylic acids is 4. The monoisotopic (exact) mass is 419 g/mol. The summed E-state index contributed by atoms with van der Waals surface area (Å²) in [5.74, 6) is -1.21. The predicted molar refractivity (Wildman–Crippen MR) is 114 cm³/mol. The topological polar surface area (TPSA) is 96.0 Å². The van der Waals surface area contributed by atoms with E-state index in [0.29, 0.717) is 23.7 Å². The van der Waals surface area contributed by atoms with E-state index in [1.165, 1.54) is 0 Å². The summed E-state index contributed by atoms with van der Waals surface area (Å²) in [6.45, 7) is 7.28. The molecule has 1 atom stereocenters. The quantitative estimate of drug-likeness (QED) is 0.594. The summed E-state index contributed by atoms with van der Waals surface area (Å²) in [4.78, 5) is 52.5. The van der Waals surface area contributed by atoms with Crippen LogP contribution in [0.1, 0.15) is 34.6 Å². The summed E-state index contributed by atoms with van der Waals surface area (Å²) in [6.07, 6.45) is -0.624. The normalized spacial score (nSPS) is 17.2. The molecule has 0 saturated carbocycles. The molecule has 2 heterocycles. The van der Waals surface area contributed by atoms with Gasteiger partial charge in [-0.1, -0.05) is 24.3 Å². The van der Waals surface area contributed by atoms with Crippen LogP contribution in [-0.2, 0) is 9.59 Å². The molecule has 2 aromatic carbocycles. The van der Waals surface area contributed by atoms with E-state index in [1.54, 1.807) is 54.3 Å². The molecule has 31 heavy (non-hydrogen) atoms. The molecule has 1 unspecified atom stereocenters. The molecule has 0 radical (unpaired) electrons. The Morgan fingerprint density at radius 2 is 1.68 bits per heavy atom. The van der Waals surface area contributed by atoms with Crippen LogP contribution >= 0.6 is 0 Å². The van der Waals surface area contributed by atoms with Gasteiger partial charge in [0, 0.05) is 12.2 Å². The van der Waals surface area contributed by atoms with Gasteiger partial charge in [-0.15, -0.1) is 0 Å². The second-order valence-electron chi connectivity index (χ2n) is 7.61. The van der Waals surface area contributed by atoms with Gasteiger partial charge in [0.2, 0.25) is 5.91 Å². The number of rotatable bonds is 5. The van der Waals surface area contributed by atoms with Crippen LogP contribution in [0.3, 0.4) is 0 Å². The van der Waals surface area contributed by atoms with Crippen LogP contribution in [0.2, 0.25) is 0 Å². The van der Waals surface area contributed by atoms with Crippen molar-refractivity contribution < 1.29 is 23.9 Å². The van der Waals surface area contributed by atoms with Gasteiger partial charge in [0.05, 0.1) is 16.8 Å². The summed E-state index contributed by atoms with van der Waals surface area (Å²) < 4.78 is 5.66. The van der Waals surface area contributed by atoms with Gasteiger partial charge in [-0.3, -0.25) is 24.1 Å². The lowest BCUT2D eigenvalue weighted by atomic mass is 10.1. The number of fused-ring (bicyclic) bond motifs is 2. The van der Waals surface area contributed by atoms with Crippen molar-refractivity contribution in [1.29, 1.82) is 0 Å². The fourth-order valence-corrected chi connectivity index (χ4v) is 3.64. The Bertz CT molecular complexity index is 1100. The fraction of sp³-hybridized carbons (Fsp3) is 0.217. The number of nitrogens with zero attached hydrogens (tertiary/aromatic N) is 2. The van der Waals surface area contributed by atoms with E-state index < -0.39 is 30.4 Å². The van der Waals surface area contributed by atoms with Crippen molar-refractivity contribution in [2.75, 3.05) is 23.3 Å². The highest BCUT2D eigenvalue weighted by Gasteiger charge is 2.36. The van der Waals surface area contributed by atoms with Crippen molar-refractivity contribution in [3.8, 4) is 5.75 Å². The number of imide groups is 1. The Kier molecular flexibility index (Phi) is 5.06. The van der Waals surface area contributed by atoms with Gasteiger partial charge in [-0.2, -0.15) is 0 Å². The summed E-state index contributed by atoms with van der Waals surface area (Å²) in [5, 5.41) is 2.69. The van der Waals surface area contributed by atoms with Crippen molar-refractivity contribution in [3.63, 3.8) is 0 Å². The molecule has 0 saturated heterocycles. The van der Waals surface area contributed by atoms with Gasteiger partial charge in [0.1, 0.15) is 12.3 Å². The van der Waals surface area contributed by atoms with Crippen LogP contribution in [0.4, 0.5) is 11.4 Å². The minimum atomic E-state index is -0.624. The molecule has 0 aromatic heterocycles. The first-order valence-electron chi connectivity index (χ1n) is 9.78. The van der Waals surface area contributed by atoms with Gasteiger partial charge < -0.3 is 15.0 Å². The molecular weight excluding hydrogens is 398 g/mol. The Labute approximate surface area is 179 Å². The number of ether oxygens (including phenoxy) is 1. The summed E-state index contributed by atoms with van der Waals surface area (Å²) in [5.41, 5.74) is 2.31. The summed E-state index contributed by atoms with van der Waals surface area (Å²) in [6, 6.07) is 11.4. The van der Waals surface area contributed by atoms with Gasteiger partial charge in [-0.25, -0.2) is 0 Å². The third-order valence-corrected chi connectivity index (χ3v) is 5.06. The minimum Gasteiger partial charge on any atom is -0.479 e. The Morgan fingerprint density at radius 1 is 1.03 bits per heavy atom. The van der Waals surface area contributed by atoms with E-state index in [4.69, 9.17) is 4.74 Å². The van der Waals surface area contributed by atoms with Crippen molar-refractivity contribution >= 4 is 35.0 Å². The van der Waals surface area contributed by atoms with E-state index >= 15 is 0 Å². The molecule has 2 aromatic rings. The number of hydrogen-bond donors (Lipinski definition) is 1. The first kappa shape index (κ1) is 20.3. The molecule has 8 nitrogen and oxygen atoms in total. The van der Waals surface area contributed by atoms with Crippen molar-refractivity contribution in [3.05, 3.63) is 65.7 Å². The van der Waals surface area contributed by atoms with Crippen molar-refractivity contribution in [2.24, 2.45) is 0 Å². The number of amides is 4. The average Bonchev–Trinajstić information content (AvgIpc) is 2.97. The largest absolute Gasteiger partial charge is 0.479 e. The van der Waals surface area contributed by atoms with Crippen LogP contribution in [0.5, 0.6) is 5.75 Å². The molecule has 0 spiro atoms. The van der Waals surface area contributed by atoms with E-state index in [0.717, 1.165) is 10.5 Å². The first-order chi connectivity index (χ1) is 14.8. The van der Waals surface area contributed by atoms with Gasteiger partial charge in [0.15, 0.2) is 6.10 Å². The number of carbonyl (C=O) groups is 4. The Balaban J connectivity index is 1.52. The molecule has 0 aliphatic carbocycles. The zero-order valence-electron chi connectivity index (χ0n) is 17.2. The molecule has 8 heteroatoms. The highest BCUT2D eigenvalue weighted by atomic mass is 16.5. The van der Waals surface area contributed by atoms with Crippen LogP contribution in [0.15, 0.2) is 54.6 Å². The second-order valence-corrected chi connectivity index (χ2v) is 7.61. The second kappa shape index (κ2) is 7.71. The molecule has 4 rings (SSSR count). The van der Waals surface area contributed by atoms with Crippen molar-refractivity contribution in [1.82, 2.24) is 4.90 Å².